The van der Waals surface area contributed by atoms with Gasteiger partial charge >= 0.3 is 0 Å². The number of benzene rings is 1. The van der Waals surface area contributed by atoms with E-state index in [1.54, 1.807) is 43.5 Å². The maximum Gasteiger partial charge on any atom is 0.245 e. The van der Waals surface area contributed by atoms with E-state index in [9.17, 15) is 13.2 Å². The lowest BCUT2D eigenvalue weighted by Crippen LogP contribution is -2.38. The highest BCUT2D eigenvalue weighted by Crippen LogP contribution is 2.24. The first kappa shape index (κ1) is 19.0. The second kappa shape index (κ2) is 7.85. The highest BCUT2D eigenvalue weighted by molar-refractivity contribution is 7.89. The Labute approximate surface area is 157 Å². The summed E-state index contributed by atoms with van der Waals surface area (Å²) in [5.74, 6) is 0.303. The number of hydrogen-bond donors (Lipinski definition) is 1. The van der Waals surface area contributed by atoms with E-state index in [4.69, 9.17) is 4.52 Å². The Kier molecular flexibility index (Phi) is 5.52. The Morgan fingerprint density at radius 3 is 2.74 bits per heavy atom. The van der Waals surface area contributed by atoms with Crippen molar-refractivity contribution in [3.63, 3.8) is 0 Å². The van der Waals surface area contributed by atoms with Crippen LogP contribution in [0, 0.1) is 6.92 Å². The molecule has 0 unspecified atom stereocenters. The lowest BCUT2D eigenvalue weighted by Gasteiger charge is -2.21. The van der Waals surface area contributed by atoms with Crippen LogP contribution in [0.5, 0.6) is 0 Å². The van der Waals surface area contributed by atoms with Crippen molar-refractivity contribution in [3.8, 4) is 0 Å². The summed E-state index contributed by atoms with van der Waals surface area (Å²) in [6.07, 6.45) is 2.11. The van der Waals surface area contributed by atoms with E-state index in [-0.39, 0.29) is 23.8 Å². The summed E-state index contributed by atoms with van der Waals surface area (Å²) in [7, 11) is -3.91. The van der Waals surface area contributed by atoms with Crippen LogP contribution in [-0.2, 0) is 14.8 Å². The fourth-order valence-corrected chi connectivity index (χ4v) is 4.38. The van der Waals surface area contributed by atoms with Gasteiger partial charge in [0.15, 0.2) is 5.82 Å². The van der Waals surface area contributed by atoms with Gasteiger partial charge in [0, 0.05) is 24.2 Å². The van der Waals surface area contributed by atoms with Gasteiger partial charge in [0.2, 0.25) is 15.9 Å². The normalized spacial score (nSPS) is 11.8. The Bertz CT molecular complexity index is 1060. The number of sulfonamides is 1. The van der Waals surface area contributed by atoms with E-state index in [0.29, 0.717) is 17.7 Å². The van der Waals surface area contributed by atoms with E-state index in [1.165, 1.54) is 6.07 Å². The summed E-state index contributed by atoms with van der Waals surface area (Å²) < 4.78 is 32.4. The largest absolute Gasteiger partial charge is 0.360 e. The number of carbonyl (C=O) groups excluding carboxylic acids is 1. The van der Waals surface area contributed by atoms with E-state index >= 15 is 0 Å². The van der Waals surface area contributed by atoms with Crippen molar-refractivity contribution in [1.82, 2.24) is 14.4 Å². The molecule has 0 saturated carbocycles. The fraction of sp³-hybridized carbons (Fsp3) is 0.278. The molecule has 1 aromatic carbocycles. The number of fused-ring (bicyclic) bond motifs is 1. The van der Waals surface area contributed by atoms with Crippen LogP contribution in [0.15, 0.2) is 52.0 Å². The third kappa shape index (κ3) is 4.15. The first-order chi connectivity index (χ1) is 12.9. The summed E-state index contributed by atoms with van der Waals surface area (Å²) in [4.78, 5) is 16.6. The van der Waals surface area contributed by atoms with Gasteiger partial charge in [-0.1, -0.05) is 30.3 Å². The van der Waals surface area contributed by atoms with Crippen LogP contribution in [0.25, 0.3) is 10.9 Å². The number of amides is 1. The molecule has 9 heteroatoms. The molecule has 0 atom stereocenters. The van der Waals surface area contributed by atoms with Crippen LogP contribution in [0.3, 0.4) is 0 Å². The zero-order chi connectivity index (χ0) is 19.4. The van der Waals surface area contributed by atoms with Crippen molar-refractivity contribution in [2.45, 2.75) is 25.2 Å². The Morgan fingerprint density at radius 2 is 2.04 bits per heavy atom. The molecular weight excluding hydrogens is 368 g/mol. The molecule has 0 radical (unpaired) electrons. The summed E-state index contributed by atoms with van der Waals surface area (Å²) in [5, 5.41) is 6.95. The van der Waals surface area contributed by atoms with Crippen molar-refractivity contribution >= 4 is 32.7 Å². The number of carbonyl (C=O) groups is 1. The second-order valence-electron chi connectivity index (χ2n) is 6.04. The highest BCUT2D eigenvalue weighted by atomic mass is 32.2. The molecule has 1 amide bonds. The fourth-order valence-electron chi connectivity index (χ4n) is 2.72. The van der Waals surface area contributed by atoms with Gasteiger partial charge < -0.3 is 9.84 Å². The monoisotopic (exact) mass is 388 g/mol. The predicted octanol–water partition coefficient (Wildman–Crippen LogP) is 2.57. The molecule has 3 rings (SSSR count). The maximum absolute atomic E-state index is 13.2. The van der Waals surface area contributed by atoms with E-state index in [1.807, 2.05) is 6.92 Å². The Hall–Kier alpha value is -2.78. The van der Waals surface area contributed by atoms with Crippen LogP contribution in [0.1, 0.15) is 19.1 Å². The van der Waals surface area contributed by atoms with Crippen molar-refractivity contribution < 1.29 is 17.7 Å². The molecule has 1 N–H and O–H groups in total. The van der Waals surface area contributed by atoms with Crippen molar-refractivity contribution in [2.24, 2.45) is 0 Å². The highest BCUT2D eigenvalue weighted by Gasteiger charge is 2.28. The van der Waals surface area contributed by atoms with Crippen LogP contribution < -0.4 is 5.32 Å². The zero-order valence-corrected chi connectivity index (χ0v) is 15.9. The quantitative estimate of drug-likeness (QED) is 0.667. The maximum atomic E-state index is 13.2. The van der Waals surface area contributed by atoms with E-state index < -0.39 is 15.9 Å². The van der Waals surface area contributed by atoms with Crippen molar-refractivity contribution in [3.05, 3.63) is 48.4 Å². The molecule has 3 aromatic rings. The predicted molar refractivity (Wildman–Crippen MR) is 101 cm³/mol. The summed E-state index contributed by atoms with van der Waals surface area (Å²) in [6, 6.07) is 10.1. The SMILES string of the molecule is CCCN(CC(=O)Nc1cc(C)on1)S(=O)(=O)c1cccc2cccnc12. The van der Waals surface area contributed by atoms with Crippen LogP contribution >= 0.6 is 0 Å². The number of nitrogens with one attached hydrogen (secondary N) is 1. The standard InChI is InChI=1S/C18H20N4O4S/c1-3-10-22(12-17(23)20-16-11-13(2)26-21-16)27(24,25)15-8-4-6-14-7-5-9-19-18(14)15/h4-9,11H,3,10,12H2,1-2H3,(H,20,21,23). The minimum Gasteiger partial charge on any atom is -0.360 e. The van der Waals surface area contributed by atoms with Crippen molar-refractivity contribution in [2.75, 3.05) is 18.4 Å². The molecule has 0 saturated heterocycles. The summed E-state index contributed by atoms with van der Waals surface area (Å²) >= 11 is 0. The van der Waals surface area contributed by atoms with Gasteiger partial charge in [-0.05, 0) is 25.5 Å². The minimum absolute atomic E-state index is 0.0825. The molecule has 2 aromatic heterocycles. The first-order valence-corrected chi connectivity index (χ1v) is 9.93. The average Bonchev–Trinajstić information content (AvgIpc) is 3.05. The zero-order valence-electron chi connectivity index (χ0n) is 15.0. The average molecular weight is 388 g/mol. The van der Waals surface area contributed by atoms with Crippen LogP contribution in [-0.4, -0.2) is 41.9 Å². The lowest BCUT2D eigenvalue weighted by molar-refractivity contribution is -0.116. The molecule has 27 heavy (non-hydrogen) atoms. The first-order valence-electron chi connectivity index (χ1n) is 8.49. The molecule has 2 heterocycles. The number of aryl methyl sites for hydroxylation is 1. The molecular formula is C18H20N4O4S. The number of pyridine rings is 1. The topological polar surface area (TPSA) is 105 Å². The Morgan fingerprint density at radius 1 is 1.26 bits per heavy atom. The summed E-state index contributed by atoms with van der Waals surface area (Å²) in [6.45, 7) is 3.43. The molecule has 0 aliphatic rings. The van der Waals surface area contributed by atoms with E-state index in [2.05, 4.69) is 15.5 Å². The van der Waals surface area contributed by atoms with E-state index in [0.717, 1.165) is 9.69 Å². The number of rotatable bonds is 7. The third-order valence-corrected chi connectivity index (χ3v) is 5.78. The molecule has 0 fully saturated rings. The molecule has 0 bridgehead atoms. The van der Waals surface area contributed by atoms with Gasteiger partial charge in [0.05, 0.1) is 12.1 Å². The van der Waals surface area contributed by atoms with Gasteiger partial charge in [-0.15, -0.1) is 0 Å². The van der Waals surface area contributed by atoms with Gasteiger partial charge in [0.25, 0.3) is 0 Å². The molecule has 142 valence electrons. The number of anilines is 1. The second-order valence-corrected chi connectivity index (χ2v) is 7.95. The number of nitrogens with zero attached hydrogens (tertiary/aromatic N) is 3. The number of hydrogen-bond acceptors (Lipinski definition) is 6. The van der Waals surface area contributed by atoms with Gasteiger partial charge in [-0.2, -0.15) is 4.31 Å². The Balaban J connectivity index is 1.89. The molecule has 8 nitrogen and oxygen atoms in total. The van der Waals surface area contributed by atoms with Crippen LogP contribution in [0.4, 0.5) is 5.82 Å². The summed E-state index contributed by atoms with van der Waals surface area (Å²) in [5.41, 5.74) is 0.383. The smallest absolute Gasteiger partial charge is 0.245 e. The van der Waals surface area contributed by atoms with Gasteiger partial charge in [-0.3, -0.25) is 9.78 Å². The van der Waals surface area contributed by atoms with Gasteiger partial charge in [0.1, 0.15) is 10.7 Å². The van der Waals surface area contributed by atoms with Gasteiger partial charge in [-0.25, -0.2) is 8.42 Å². The molecule has 0 aliphatic heterocycles. The lowest BCUT2D eigenvalue weighted by atomic mass is 10.2. The van der Waals surface area contributed by atoms with Crippen LogP contribution in [0.2, 0.25) is 0 Å². The number of para-hydroxylation sites is 1. The third-order valence-electron chi connectivity index (χ3n) is 3.90. The molecule has 0 aliphatic carbocycles. The minimum atomic E-state index is -3.91. The van der Waals surface area contributed by atoms with Crippen molar-refractivity contribution in [1.29, 1.82) is 0 Å². The number of aromatic nitrogens is 2. The molecule has 0 spiro atoms.